The summed E-state index contributed by atoms with van der Waals surface area (Å²) in [7, 11) is 1.90. The normalized spacial score (nSPS) is 12.1. The van der Waals surface area contributed by atoms with E-state index < -0.39 is 0 Å². The van der Waals surface area contributed by atoms with Crippen molar-refractivity contribution in [3.63, 3.8) is 0 Å². The molecule has 4 rings (SSSR count). The van der Waals surface area contributed by atoms with Crippen molar-refractivity contribution in [1.29, 1.82) is 0 Å². The predicted octanol–water partition coefficient (Wildman–Crippen LogP) is 4.31. The minimum atomic E-state index is -0.250. The first-order chi connectivity index (χ1) is 14.6. The third-order valence-corrected chi connectivity index (χ3v) is 4.85. The minimum absolute atomic E-state index is 0.0911. The van der Waals surface area contributed by atoms with Crippen LogP contribution in [0.2, 0.25) is 0 Å². The van der Waals surface area contributed by atoms with Gasteiger partial charge in [-0.15, -0.1) is 5.10 Å². The standard InChI is InChI=1S/C23H24FN5O/c1-16(18-4-3-5-19(24)14-18)27-22-10-11-23-26-15-21(29(23)28-22)17-6-8-20(9-7-17)30-13-12-25-2/h3-11,14-16,25H,12-13H2,1-2H3,(H,27,28)/t16-/m1/s1. The second-order valence-electron chi connectivity index (χ2n) is 7.03. The van der Waals surface area contributed by atoms with Gasteiger partial charge in [-0.2, -0.15) is 0 Å². The molecule has 7 heteroatoms. The van der Waals surface area contributed by atoms with E-state index >= 15 is 0 Å². The van der Waals surface area contributed by atoms with Gasteiger partial charge in [-0.3, -0.25) is 0 Å². The van der Waals surface area contributed by atoms with Crippen LogP contribution in [0.4, 0.5) is 10.2 Å². The Bertz CT molecular complexity index is 1130. The van der Waals surface area contributed by atoms with E-state index in [4.69, 9.17) is 9.84 Å². The molecule has 0 fully saturated rings. The summed E-state index contributed by atoms with van der Waals surface area (Å²) < 4.78 is 21.0. The third kappa shape index (κ3) is 4.41. The number of hydrogen-bond donors (Lipinski definition) is 2. The van der Waals surface area contributed by atoms with Gasteiger partial charge in [0.2, 0.25) is 0 Å². The summed E-state index contributed by atoms with van der Waals surface area (Å²) in [4.78, 5) is 4.45. The Morgan fingerprint density at radius 3 is 2.70 bits per heavy atom. The van der Waals surface area contributed by atoms with Crippen molar-refractivity contribution in [1.82, 2.24) is 19.9 Å². The lowest BCUT2D eigenvalue weighted by molar-refractivity contribution is 0.318. The van der Waals surface area contributed by atoms with Crippen molar-refractivity contribution in [2.75, 3.05) is 25.5 Å². The lowest BCUT2D eigenvalue weighted by Gasteiger charge is -2.15. The summed E-state index contributed by atoms with van der Waals surface area (Å²) in [6.07, 6.45) is 1.80. The van der Waals surface area contributed by atoms with Gasteiger partial charge in [0.05, 0.1) is 17.9 Å². The van der Waals surface area contributed by atoms with Gasteiger partial charge >= 0.3 is 0 Å². The number of hydrogen-bond acceptors (Lipinski definition) is 5. The average molecular weight is 405 g/mol. The van der Waals surface area contributed by atoms with Crippen LogP contribution in [-0.2, 0) is 0 Å². The van der Waals surface area contributed by atoms with Crippen LogP contribution in [0.15, 0.2) is 66.9 Å². The molecule has 154 valence electrons. The van der Waals surface area contributed by atoms with Crippen molar-refractivity contribution in [3.8, 4) is 17.0 Å². The first-order valence-electron chi connectivity index (χ1n) is 9.88. The van der Waals surface area contributed by atoms with Gasteiger partial charge in [-0.25, -0.2) is 13.9 Å². The average Bonchev–Trinajstić information content (AvgIpc) is 3.18. The summed E-state index contributed by atoms with van der Waals surface area (Å²) in [5.74, 6) is 1.26. The molecule has 0 bridgehead atoms. The summed E-state index contributed by atoms with van der Waals surface area (Å²) >= 11 is 0. The van der Waals surface area contributed by atoms with Gasteiger partial charge in [0, 0.05) is 12.1 Å². The largest absolute Gasteiger partial charge is 0.492 e. The molecule has 0 amide bonds. The Morgan fingerprint density at radius 1 is 1.10 bits per heavy atom. The lowest BCUT2D eigenvalue weighted by Crippen LogP contribution is -2.15. The fourth-order valence-electron chi connectivity index (χ4n) is 3.22. The maximum Gasteiger partial charge on any atom is 0.154 e. The van der Waals surface area contributed by atoms with Crippen molar-refractivity contribution in [2.45, 2.75) is 13.0 Å². The number of nitrogens with one attached hydrogen (secondary N) is 2. The van der Waals surface area contributed by atoms with Crippen LogP contribution in [0.5, 0.6) is 5.75 Å². The molecule has 0 saturated heterocycles. The minimum Gasteiger partial charge on any atom is -0.492 e. The molecule has 2 N–H and O–H groups in total. The fourth-order valence-corrected chi connectivity index (χ4v) is 3.22. The maximum absolute atomic E-state index is 13.5. The zero-order valence-corrected chi connectivity index (χ0v) is 17.0. The van der Waals surface area contributed by atoms with Crippen LogP contribution in [0.3, 0.4) is 0 Å². The van der Waals surface area contributed by atoms with Gasteiger partial charge in [-0.1, -0.05) is 12.1 Å². The quantitative estimate of drug-likeness (QED) is 0.428. The molecule has 0 aliphatic rings. The highest BCUT2D eigenvalue weighted by atomic mass is 19.1. The number of imidazole rings is 1. The second kappa shape index (κ2) is 8.92. The Kier molecular flexibility index (Phi) is 5.90. The number of ether oxygens (including phenoxy) is 1. The monoisotopic (exact) mass is 405 g/mol. The van der Waals surface area contributed by atoms with Crippen molar-refractivity contribution in [2.24, 2.45) is 0 Å². The smallest absolute Gasteiger partial charge is 0.154 e. The van der Waals surface area contributed by atoms with Crippen LogP contribution in [0.25, 0.3) is 16.9 Å². The molecule has 0 spiro atoms. The molecule has 2 heterocycles. The molecule has 0 saturated carbocycles. The van der Waals surface area contributed by atoms with Gasteiger partial charge in [0.25, 0.3) is 0 Å². The second-order valence-corrected chi connectivity index (χ2v) is 7.03. The Hall–Kier alpha value is -3.45. The highest BCUT2D eigenvalue weighted by molar-refractivity contribution is 5.64. The van der Waals surface area contributed by atoms with E-state index in [0.29, 0.717) is 12.4 Å². The van der Waals surface area contributed by atoms with E-state index in [1.807, 2.05) is 56.4 Å². The van der Waals surface area contributed by atoms with Crippen molar-refractivity contribution >= 4 is 11.5 Å². The predicted molar refractivity (Wildman–Crippen MR) is 116 cm³/mol. The van der Waals surface area contributed by atoms with Crippen molar-refractivity contribution < 1.29 is 9.13 Å². The summed E-state index contributed by atoms with van der Waals surface area (Å²) in [5.41, 5.74) is 3.49. The van der Waals surface area contributed by atoms with Crippen LogP contribution in [-0.4, -0.2) is 34.8 Å². The SMILES string of the molecule is CNCCOc1ccc(-c2cnc3ccc(N[C@H](C)c4cccc(F)c4)nn23)cc1. The third-order valence-electron chi connectivity index (χ3n) is 4.85. The molecule has 30 heavy (non-hydrogen) atoms. The zero-order valence-electron chi connectivity index (χ0n) is 17.0. The highest BCUT2D eigenvalue weighted by Crippen LogP contribution is 2.24. The van der Waals surface area contributed by atoms with Gasteiger partial charge < -0.3 is 15.4 Å². The van der Waals surface area contributed by atoms with Crippen LogP contribution < -0.4 is 15.4 Å². The summed E-state index contributed by atoms with van der Waals surface area (Å²) in [6.45, 7) is 3.39. The molecule has 0 aliphatic carbocycles. The van der Waals surface area contributed by atoms with Gasteiger partial charge in [0.15, 0.2) is 5.65 Å². The molecule has 1 atom stereocenters. The topological polar surface area (TPSA) is 63.5 Å². The van der Waals surface area contributed by atoms with E-state index in [0.717, 1.165) is 34.8 Å². The molecule has 0 aliphatic heterocycles. The van der Waals surface area contributed by atoms with E-state index in [9.17, 15) is 4.39 Å². The number of fused-ring (bicyclic) bond motifs is 1. The van der Waals surface area contributed by atoms with E-state index in [1.165, 1.54) is 12.1 Å². The molecular weight excluding hydrogens is 381 g/mol. The summed E-state index contributed by atoms with van der Waals surface area (Å²) in [6, 6.07) is 18.1. The van der Waals surface area contributed by atoms with E-state index in [-0.39, 0.29) is 11.9 Å². The van der Waals surface area contributed by atoms with Crippen LogP contribution in [0.1, 0.15) is 18.5 Å². The number of nitrogens with zero attached hydrogens (tertiary/aromatic N) is 3. The lowest BCUT2D eigenvalue weighted by atomic mass is 10.1. The molecule has 2 aromatic heterocycles. The van der Waals surface area contributed by atoms with Crippen LogP contribution >= 0.6 is 0 Å². The number of rotatable bonds is 8. The number of aromatic nitrogens is 3. The first kappa shape index (κ1) is 19.8. The number of anilines is 1. The maximum atomic E-state index is 13.5. The fraction of sp³-hybridized carbons (Fsp3) is 0.217. The molecule has 2 aromatic carbocycles. The molecule has 0 unspecified atom stereocenters. The van der Waals surface area contributed by atoms with Gasteiger partial charge in [0.1, 0.15) is 24.0 Å². The molecule has 0 radical (unpaired) electrons. The number of halogens is 1. The first-order valence-corrected chi connectivity index (χ1v) is 9.88. The Labute approximate surface area is 174 Å². The van der Waals surface area contributed by atoms with Crippen LogP contribution in [0, 0.1) is 5.82 Å². The summed E-state index contributed by atoms with van der Waals surface area (Å²) in [5, 5.41) is 11.1. The number of likely N-dealkylation sites (N-methyl/N-ethyl adjacent to an activating group) is 1. The van der Waals surface area contributed by atoms with Gasteiger partial charge in [-0.05, 0) is 68.1 Å². The molecule has 4 aromatic rings. The highest BCUT2D eigenvalue weighted by Gasteiger charge is 2.11. The molecular formula is C23H24FN5O. The molecule has 6 nitrogen and oxygen atoms in total. The zero-order chi connectivity index (χ0) is 20.9. The van der Waals surface area contributed by atoms with E-state index in [2.05, 4.69) is 15.6 Å². The number of benzene rings is 2. The Balaban J connectivity index is 1.55. The Morgan fingerprint density at radius 2 is 1.93 bits per heavy atom. The van der Waals surface area contributed by atoms with E-state index in [1.54, 1.807) is 16.8 Å². The van der Waals surface area contributed by atoms with Crippen molar-refractivity contribution in [3.05, 3.63) is 78.2 Å².